The lowest BCUT2D eigenvalue weighted by atomic mass is 9.51. The van der Waals surface area contributed by atoms with Gasteiger partial charge in [-0.2, -0.15) is 0 Å². The average molecular weight is 244 g/mol. The third-order valence-corrected chi connectivity index (χ3v) is 5.55. The second-order valence-corrected chi connectivity index (χ2v) is 7.95. The van der Waals surface area contributed by atoms with Gasteiger partial charge in [-0.05, 0) is 49.9 Å². The number of hydrogen-bond acceptors (Lipinski definition) is 3. The fraction of sp³-hybridized carbons (Fsp3) is 1.00. The summed E-state index contributed by atoms with van der Waals surface area (Å²) in [6, 6.07) is 0.311. The molecule has 16 heavy (non-hydrogen) atoms. The zero-order chi connectivity index (χ0) is 11.6. The second kappa shape index (κ2) is 3.21. The maximum absolute atomic E-state index is 11.5. The lowest BCUT2D eigenvalue weighted by Crippen LogP contribution is -2.65. The Morgan fingerprint density at radius 3 is 2.25 bits per heavy atom. The average Bonchev–Trinajstić information content (AvgIpc) is 2.08. The third-order valence-electron chi connectivity index (χ3n) is 4.75. The van der Waals surface area contributed by atoms with E-state index < -0.39 is 10.0 Å². The van der Waals surface area contributed by atoms with Crippen LogP contribution in [-0.2, 0) is 10.0 Å². The summed E-state index contributed by atoms with van der Waals surface area (Å²) in [5.74, 6) is 1.78. The van der Waals surface area contributed by atoms with Crippen LogP contribution in [0.2, 0.25) is 0 Å². The molecule has 4 bridgehead atoms. The maximum Gasteiger partial charge on any atom is 0.209 e. The molecule has 0 amide bonds. The van der Waals surface area contributed by atoms with E-state index in [0.29, 0.717) is 23.8 Å². The van der Waals surface area contributed by atoms with E-state index in [2.05, 4.69) is 4.72 Å². The van der Waals surface area contributed by atoms with E-state index in [0.717, 1.165) is 19.3 Å². The van der Waals surface area contributed by atoms with Crippen molar-refractivity contribution in [3.05, 3.63) is 0 Å². The van der Waals surface area contributed by atoms with Gasteiger partial charge in [0.25, 0.3) is 0 Å². The molecule has 92 valence electrons. The van der Waals surface area contributed by atoms with E-state index >= 15 is 0 Å². The highest BCUT2D eigenvalue weighted by atomic mass is 32.2. The topological polar surface area (TPSA) is 72.2 Å². The van der Waals surface area contributed by atoms with Crippen molar-refractivity contribution in [2.45, 2.75) is 43.7 Å². The molecule has 0 aromatic carbocycles. The second-order valence-electron chi connectivity index (χ2n) is 6.20. The molecule has 0 spiro atoms. The van der Waals surface area contributed by atoms with Crippen molar-refractivity contribution in [2.75, 3.05) is 6.26 Å². The molecule has 4 aliphatic rings. The molecular formula is C11H20N2O2S. The van der Waals surface area contributed by atoms with Crippen LogP contribution in [0.1, 0.15) is 32.1 Å². The van der Waals surface area contributed by atoms with Crippen LogP contribution in [0.15, 0.2) is 0 Å². The minimum Gasteiger partial charge on any atom is -0.327 e. The Balaban J connectivity index is 1.88. The standard InChI is InChI=1S/C11H20N2O2S/c1-16(14,15)13-11-4-7-2-8(5-11)10(12)9(3-7)6-11/h7-10,13H,2-6,12H2,1H3. The van der Waals surface area contributed by atoms with Crippen LogP contribution in [0.5, 0.6) is 0 Å². The van der Waals surface area contributed by atoms with Gasteiger partial charge in [0, 0.05) is 11.6 Å². The van der Waals surface area contributed by atoms with Gasteiger partial charge in [0.05, 0.1) is 6.26 Å². The van der Waals surface area contributed by atoms with Gasteiger partial charge in [-0.1, -0.05) is 0 Å². The van der Waals surface area contributed by atoms with Crippen molar-refractivity contribution >= 4 is 10.0 Å². The highest BCUT2D eigenvalue weighted by molar-refractivity contribution is 7.88. The maximum atomic E-state index is 11.5. The normalized spacial score (nSPS) is 50.9. The van der Waals surface area contributed by atoms with Crippen LogP contribution < -0.4 is 10.5 Å². The highest BCUT2D eigenvalue weighted by Gasteiger charge is 2.55. The van der Waals surface area contributed by atoms with E-state index in [1.807, 2.05) is 0 Å². The molecule has 4 saturated carbocycles. The summed E-state index contributed by atoms with van der Waals surface area (Å²) < 4.78 is 25.8. The Morgan fingerprint density at radius 1 is 1.19 bits per heavy atom. The first-order valence-corrected chi connectivity index (χ1v) is 8.01. The van der Waals surface area contributed by atoms with E-state index in [9.17, 15) is 8.42 Å². The predicted molar refractivity (Wildman–Crippen MR) is 62.2 cm³/mol. The molecule has 0 aliphatic heterocycles. The molecule has 0 aromatic heterocycles. The third kappa shape index (κ3) is 1.69. The SMILES string of the molecule is CS(=O)(=O)NC12CC3CC(C1)C(N)C(C3)C2. The summed E-state index contributed by atoms with van der Waals surface area (Å²) in [7, 11) is -3.09. The van der Waals surface area contributed by atoms with Crippen molar-refractivity contribution in [3.8, 4) is 0 Å². The van der Waals surface area contributed by atoms with Crippen molar-refractivity contribution in [2.24, 2.45) is 23.5 Å². The number of nitrogens with one attached hydrogen (secondary N) is 1. The quantitative estimate of drug-likeness (QED) is 0.740. The molecule has 4 rings (SSSR count). The fourth-order valence-corrected chi connectivity index (χ4v) is 5.62. The zero-order valence-electron chi connectivity index (χ0n) is 9.65. The van der Waals surface area contributed by atoms with Gasteiger partial charge in [0.2, 0.25) is 10.0 Å². The summed E-state index contributed by atoms with van der Waals surface area (Å²) in [5.41, 5.74) is 6.06. The molecule has 4 fully saturated rings. The van der Waals surface area contributed by atoms with Crippen LogP contribution in [0, 0.1) is 17.8 Å². The van der Waals surface area contributed by atoms with E-state index in [-0.39, 0.29) is 5.54 Å². The van der Waals surface area contributed by atoms with Crippen LogP contribution in [0.25, 0.3) is 0 Å². The summed E-state index contributed by atoms with van der Waals surface area (Å²) in [4.78, 5) is 0. The fourth-order valence-electron chi connectivity index (χ4n) is 4.58. The first-order valence-electron chi connectivity index (χ1n) is 6.11. The van der Waals surface area contributed by atoms with Gasteiger partial charge in [0.1, 0.15) is 0 Å². The number of hydrogen-bond donors (Lipinski definition) is 2. The number of sulfonamides is 1. The van der Waals surface area contributed by atoms with E-state index in [4.69, 9.17) is 5.73 Å². The molecule has 2 atom stereocenters. The zero-order valence-corrected chi connectivity index (χ0v) is 10.5. The molecule has 3 N–H and O–H groups in total. The Labute approximate surface area is 97.0 Å². The summed E-state index contributed by atoms with van der Waals surface area (Å²) in [5, 5.41) is 0. The van der Waals surface area contributed by atoms with Gasteiger partial charge in [-0.25, -0.2) is 13.1 Å². The molecule has 0 aromatic rings. The number of rotatable bonds is 2. The van der Waals surface area contributed by atoms with Crippen LogP contribution in [0.4, 0.5) is 0 Å². The minimum atomic E-state index is -3.09. The van der Waals surface area contributed by atoms with E-state index in [1.165, 1.54) is 19.1 Å². The molecule has 0 heterocycles. The van der Waals surface area contributed by atoms with Gasteiger partial charge >= 0.3 is 0 Å². The Morgan fingerprint density at radius 2 is 1.75 bits per heavy atom. The highest BCUT2D eigenvalue weighted by Crippen LogP contribution is 2.55. The lowest BCUT2D eigenvalue weighted by Gasteiger charge is -2.59. The molecule has 4 nitrogen and oxygen atoms in total. The van der Waals surface area contributed by atoms with Crippen LogP contribution >= 0.6 is 0 Å². The van der Waals surface area contributed by atoms with Gasteiger partial charge < -0.3 is 5.73 Å². The van der Waals surface area contributed by atoms with Gasteiger partial charge in [0.15, 0.2) is 0 Å². The lowest BCUT2D eigenvalue weighted by molar-refractivity contribution is -0.0249. The Bertz CT molecular complexity index is 390. The Kier molecular flexibility index (Phi) is 2.20. The molecule has 2 unspecified atom stereocenters. The number of nitrogens with two attached hydrogens (primary N) is 1. The van der Waals surface area contributed by atoms with E-state index in [1.54, 1.807) is 0 Å². The molecular weight excluding hydrogens is 224 g/mol. The summed E-state index contributed by atoms with van der Waals surface area (Å²) >= 11 is 0. The largest absolute Gasteiger partial charge is 0.327 e. The van der Waals surface area contributed by atoms with Crippen molar-refractivity contribution in [1.29, 1.82) is 0 Å². The molecule has 0 radical (unpaired) electrons. The van der Waals surface area contributed by atoms with Crippen LogP contribution in [0.3, 0.4) is 0 Å². The molecule has 5 heteroatoms. The van der Waals surface area contributed by atoms with Crippen molar-refractivity contribution < 1.29 is 8.42 Å². The monoisotopic (exact) mass is 244 g/mol. The van der Waals surface area contributed by atoms with Gasteiger partial charge in [-0.15, -0.1) is 0 Å². The van der Waals surface area contributed by atoms with Crippen molar-refractivity contribution in [1.82, 2.24) is 4.72 Å². The van der Waals surface area contributed by atoms with Crippen LogP contribution in [-0.4, -0.2) is 26.3 Å². The predicted octanol–water partition coefficient (Wildman–Crippen LogP) is 0.442. The first kappa shape index (κ1) is 11.0. The summed E-state index contributed by atoms with van der Waals surface area (Å²) in [6.07, 6.45) is 6.63. The minimum absolute atomic E-state index is 0.153. The van der Waals surface area contributed by atoms with Crippen molar-refractivity contribution in [3.63, 3.8) is 0 Å². The smallest absolute Gasteiger partial charge is 0.209 e. The Hall–Kier alpha value is -0.130. The molecule has 0 saturated heterocycles. The first-order chi connectivity index (χ1) is 7.37. The van der Waals surface area contributed by atoms with Gasteiger partial charge in [-0.3, -0.25) is 0 Å². The summed E-state index contributed by atoms with van der Waals surface area (Å²) in [6.45, 7) is 0. The molecule has 4 aliphatic carbocycles.